The smallest absolute Gasteiger partial charge is 0.384 e. The van der Waals surface area contributed by atoms with Crippen LogP contribution in [-0.4, -0.2) is 28.8 Å². The third-order valence-electron chi connectivity index (χ3n) is 5.56. The summed E-state index contributed by atoms with van der Waals surface area (Å²) >= 11 is 0. The van der Waals surface area contributed by atoms with Gasteiger partial charge in [0.15, 0.2) is 0 Å². The molecule has 31 heavy (non-hydrogen) atoms. The highest BCUT2D eigenvalue weighted by molar-refractivity contribution is 5.94. The Morgan fingerprint density at radius 1 is 1.10 bits per heavy atom. The fourth-order valence-electron chi connectivity index (χ4n) is 3.47. The van der Waals surface area contributed by atoms with E-state index in [-0.39, 0.29) is 17.8 Å². The zero-order chi connectivity index (χ0) is 21.8. The van der Waals surface area contributed by atoms with Crippen molar-refractivity contribution >= 4 is 29.4 Å². The zero-order valence-corrected chi connectivity index (χ0v) is 17.2. The van der Waals surface area contributed by atoms with Crippen molar-refractivity contribution in [1.29, 1.82) is 5.41 Å². The van der Waals surface area contributed by atoms with Gasteiger partial charge in [-0.1, -0.05) is 31.7 Å². The van der Waals surface area contributed by atoms with Crippen LogP contribution in [0.2, 0.25) is 0 Å². The van der Waals surface area contributed by atoms with Gasteiger partial charge < -0.3 is 21.4 Å². The molecule has 1 aromatic heterocycles. The first-order chi connectivity index (χ1) is 14.9. The molecular weight excluding hydrogens is 405 g/mol. The van der Waals surface area contributed by atoms with Gasteiger partial charge in [-0.25, -0.2) is 4.98 Å². The summed E-state index contributed by atoms with van der Waals surface area (Å²) in [5, 5.41) is 17.0. The Hall–Kier alpha value is -2.84. The van der Waals surface area contributed by atoms with Crippen molar-refractivity contribution in [3.63, 3.8) is 0 Å². The number of hydrogen-bond donors (Lipinski definition) is 4. The minimum atomic E-state index is -4.53. The molecule has 0 spiro atoms. The molecule has 0 aliphatic heterocycles. The van der Waals surface area contributed by atoms with Crippen LogP contribution in [-0.2, 0) is 6.18 Å². The van der Waals surface area contributed by atoms with Gasteiger partial charge in [0.05, 0.1) is 5.69 Å². The van der Waals surface area contributed by atoms with Crippen LogP contribution >= 0.6 is 0 Å². The first kappa shape index (κ1) is 21.4. The Morgan fingerprint density at radius 2 is 1.87 bits per heavy atom. The van der Waals surface area contributed by atoms with Crippen LogP contribution in [0.5, 0.6) is 0 Å². The molecule has 2 aromatic rings. The van der Waals surface area contributed by atoms with Crippen molar-refractivity contribution in [1.82, 2.24) is 9.97 Å². The molecule has 6 nitrogen and oxygen atoms in total. The number of unbranched alkanes of at least 4 members (excludes halogenated alkanes) is 1. The number of benzene rings is 1. The molecule has 2 aliphatic rings. The highest BCUT2D eigenvalue weighted by Gasteiger charge is 2.37. The van der Waals surface area contributed by atoms with Gasteiger partial charge in [0.2, 0.25) is 5.95 Å². The molecule has 1 heterocycles. The molecule has 0 atom stereocenters. The molecule has 0 saturated heterocycles. The molecule has 0 amide bonds. The standard InChI is InChI=1S/C22H27F3N6/c23-22(24,25)17-13-28-21(31-20(17)29-15-9-10-15)30-19-6-3-5-18(16(19)12-26)27-11-2-1-4-14-7-8-14/h3,5-6,12-15,26-27H,1-2,4,7-11H2,(H2,28,29,30,31). The van der Waals surface area contributed by atoms with E-state index in [9.17, 15) is 13.2 Å². The number of alkyl halides is 3. The number of anilines is 4. The number of aromatic nitrogens is 2. The van der Waals surface area contributed by atoms with Crippen LogP contribution in [0.3, 0.4) is 0 Å². The third kappa shape index (κ3) is 5.86. The minimum Gasteiger partial charge on any atom is -0.384 e. The van der Waals surface area contributed by atoms with Crippen LogP contribution < -0.4 is 16.0 Å². The highest BCUT2D eigenvalue weighted by Crippen LogP contribution is 2.37. The van der Waals surface area contributed by atoms with Crippen LogP contribution in [0.15, 0.2) is 24.4 Å². The number of halogens is 3. The maximum absolute atomic E-state index is 13.3. The monoisotopic (exact) mass is 432 g/mol. The fraction of sp³-hybridized carbons (Fsp3) is 0.500. The first-order valence-corrected chi connectivity index (χ1v) is 10.8. The Morgan fingerprint density at radius 3 is 2.55 bits per heavy atom. The SMILES string of the molecule is N=Cc1c(NCCCCC2CC2)cccc1Nc1ncc(C(F)(F)F)c(NC2CC2)n1. The van der Waals surface area contributed by atoms with Gasteiger partial charge in [0.1, 0.15) is 11.4 Å². The van der Waals surface area contributed by atoms with E-state index in [1.54, 1.807) is 6.07 Å². The molecule has 0 radical (unpaired) electrons. The van der Waals surface area contributed by atoms with E-state index < -0.39 is 11.7 Å². The molecule has 166 valence electrons. The van der Waals surface area contributed by atoms with Crippen molar-refractivity contribution in [2.45, 2.75) is 57.2 Å². The summed E-state index contributed by atoms with van der Waals surface area (Å²) < 4.78 is 39.9. The Labute approximate surface area is 179 Å². The maximum atomic E-state index is 13.3. The number of rotatable bonds is 11. The topological polar surface area (TPSA) is 85.7 Å². The molecule has 0 bridgehead atoms. The van der Waals surface area contributed by atoms with Gasteiger partial charge in [0.25, 0.3) is 0 Å². The lowest BCUT2D eigenvalue weighted by atomic mass is 10.1. The molecule has 0 unspecified atom stereocenters. The van der Waals surface area contributed by atoms with E-state index in [2.05, 4.69) is 25.9 Å². The lowest BCUT2D eigenvalue weighted by Crippen LogP contribution is -2.15. The van der Waals surface area contributed by atoms with E-state index >= 15 is 0 Å². The van der Waals surface area contributed by atoms with Crippen LogP contribution in [0.4, 0.5) is 36.3 Å². The summed E-state index contributed by atoms with van der Waals surface area (Å²) in [6.07, 6.45) is 5.41. The van der Waals surface area contributed by atoms with Crippen LogP contribution in [0, 0.1) is 11.3 Å². The lowest BCUT2D eigenvalue weighted by Gasteiger charge is -2.16. The van der Waals surface area contributed by atoms with E-state index in [1.807, 2.05) is 12.1 Å². The van der Waals surface area contributed by atoms with Gasteiger partial charge in [-0.3, -0.25) is 0 Å². The summed E-state index contributed by atoms with van der Waals surface area (Å²) in [5.74, 6) is 0.766. The van der Waals surface area contributed by atoms with Crippen LogP contribution in [0.25, 0.3) is 0 Å². The van der Waals surface area contributed by atoms with E-state index in [0.717, 1.165) is 43.6 Å². The molecule has 2 aliphatic carbocycles. The average Bonchev–Trinajstić information content (AvgIpc) is 3.63. The van der Waals surface area contributed by atoms with Gasteiger partial charge in [0, 0.05) is 36.2 Å². The molecule has 4 N–H and O–H groups in total. The maximum Gasteiger partial charge on any atom is 0.421 e. The van der Waals surface area contributed by atoms with Crippen molar-refractivity contribution in [2.24, 2.45) is 5.92 Å². The summed E-state index contributed by atoms with van der Waals surface area (Å²) in [6.45, 7) is 0.809. The zero-order valence-electron chi connectivity index (χ0n) is 17.2. The van der Waals surface area contributed by atoms with E-state index in [1.165, 1.54) is 31.9 Å². The minimum absolute atomic E-state index is 0.0217. The van der Waals surface area contributed by atoms with Crippen molar-refractivity contribution in [3.8, 4) is 0 Å². The summed E-state index contributed by atoms with van der Waals surface area (Å²) in [4.78, 5) is 7.94. The molecule has 2 saturated carbocycles. The predicted molar refractivity (Wildman–Crippen MR) is 116 cm³/mol. The van der Waals surface area contributed by atoms with Gasteiger partial charge >= 0.3 is 6.18 Å². The average molecular weight is 432 g/mol. The summed E-state index contributed by atoms with van der Waals surface area (Å²) in [6, 6.07) is 5.50. The Kier molecular flexibility index (Phi) is 6.29. The second kappa shape index (κ2) is 9.11. The number of nitrogens with zero attached hydrogens (tertiary/aromatic N) is 2. The summed E-state index contributed by atoms with van der Waals surface area (Å²) in [5.41, 5.74) is 1.11. The summed E-state index contributed by atoms with van der Waals surface area (Å²) in [7, 11) is 0. The van der Waals surface area contributed by atoms with Crippen LogP contribution in [0.1, 0.15) is 56.1 Å². The van der Waals surface area contributed by atoms with E-state index in [0.29, 0.717) is 11.3 Å². The molecule has 9 heteroatoms. The number of hydrogen-bond acceptors (Lipinski definition) is 6. The first-order valence-electron chi connectivity index (χ1n) is 10.8. The third-order valence-corrected chi connectivity index (χ3v) is 5.56. The quantitative estimate of drug-likeness (QED) is 0.266. The Balaban J connectivity index is 1.46. The lowest BCUT2D eigenvalue weighted by molar-refractivity contribution is -0.137. The normalized spacial score (nSPS) is 16.1. The van der Waals surface area contributed by atoms with Crippen molar-refractivity contribution < 1.29 is 13.2 Å². The second-order valence-corrected chi connectivity index (χ2v) is 8.27. The number of nitrogens with one attached hydrogen (secondary N) is 4. The molecule has 2 fully saturated rings. The van der Waals surface area contributed by atoms with E-state index in [4.69, 9.17) is 5.41 Å². The predicted octanol–water partition coefficient (Wildman–Crippen LogP) is 5.80. The van der Waals surface area contributed by atoms with Crippen molar-refractivity contribution in [2.75, 3.05) is 22.5 Å². The highest BCUT2D eigenvalue weighted by atomic mass is 19.4. The molecular formula is C22H27F3N6. The van der Waals surface area contributed by atoms with Gasteiger partial charge in [-0.15, -0.1) is 0 Å². The molecule has 1 aromatic carbocycles. The molecule has 4 rings (SSSR count). The fourth-order valence-corrected chi connectivity index (χ4v) is 3.47. The van der Waals surface area contributed by atoms with Gasteiger partial charge in [-0.05, 0) is 37.3 Å². The Bertz CT molecular complexity index is 922. The second-order valence-electron chi connectivity index (χ2n) is 8.27. The largest absolute Gasteiger partial charge is 0.421 e. The van der Waals surface area contributed by atoms with Gasteiger partial charge in [-0.2, -0.15) is 18.2 Å². The van der Waals surface area contributed by atoms with Crippen molar-refractivity contribution in [3.05, 3.63) is 35.5 Å².